The van der Waals surface area contributed by atoms with Gasteiger partial charge in [-0.2, -0.15) is 4.52 Å². The van der Waals surface area contributed by atoms with Gasteiger partial charge in [-0.05, 0) is 18.9 Å². The predicted molar refractivity (Wildman–Crippen MR) is 73.9 cm³/mol. The zero-order valence-corrected chi connectivity index (χ0v) is 10.9. The number of nitrogens with zero attached hydrogens (tertiary/aromatic N) is 3. The van der Waals surface area contributed by atoms with Crippen molar-refractivity contribution in [1.29, 1.82) is 0 Å². The Kier molecular flexibility index (Phi) is 2.76. The van der Waals surface area contributed by atoms with Crippen LogP contribution in [-0.4, -0.2) is 14.6 Å². The number of hydrogen-bond donors (Lipinski definition) is 1. The molecule has 0 radical (unpaired) electrons. The fraction of sp³-hybridized carbons (Fsp3) is 0.231. The molecule has 5 heteroatoms. The van der Waals surface area contributed by atoms with Crippen LogP contribution >= 0.6 is 11.3 Å². The summed E-state index contributed by atoms with van der Waals surface area (Å²) in [7, 11) is 0. The number of benzene rings is 1. The summed E-state index contributed by atoms with van der Waals surface area (Å²) in [6.45, 7) is 2.09. The first-order valence-corrected chi connectivity index (χ1v) is 6.74. The minimum Gasteiger partial charge on any atom is -0.383 e. The Balaban J connectivity index is 1.74. The van der Waals surface area contributed by atoms with Gasteiger partial charge in [0.25, 0.3) is 0 Å². The molecule has 0 saturated heterocycles. The molecule has 92 valence electrons. The number of hydrogen-bond acceptors (Lipinski definition) is 4. The van der Waals surface area contributed by atoms with Gasteiger partial charge in [-0.25, -0.2) is 4.98 Å². The summed E-state index contributed by atoms with van der Waals surface area (Å²) in [6, 6.07) is 8.57. The van der Waals surface area contributed by atoms with Crippen LogP contribution in [0.5, 0.6) is 0 Å². The van der Waals surface area contributed by atoms with Crippen LogP contribution in [0.1, 0.15) is 17.0 Å². The summed E-state index contributed by atoms with van der Waals surface area (Å²) in [6.07, 6.45) is 1.80. The van der Waals surface area contributed by atoms with Gasteiger partial charge in [0.1, 0.15) is 5.82 Å². The highest BCUT2D eigenvalue weighted by Gasteiger charge is 2.07. The molecule has 1 aromatic carbocycles. The Morgan fingerprint density at radius 1 is 1.22 bits per heavy atom. The summed E-state index contributed by atoms with van der Waals surface area (Å²) in [5.41, 5.74) is 8.38. The zero-order valence-electron chi connectivity index (χ0n) is 10.1. The summed E-state index contributed by atoms with van der Waals surface area (Å²) < 4.78 is 1.70. The van der Waals surface area contributed by atoms with Crippen LogP contribution in [0.25, 0.3) is 4.96 Å². The number of thiazole rings is 1. The lowest BCUT2D eigenvalue weighted by Crippen LogP contribution is -1.96. The van der Waals surface area contributed by atoms with Gasteiger partial charge in [0, 0.05) is 11.8 Å². The second-order valence-electron chi connectivity index (χ2n) is 4.37. The van der Waals surface area contributed by atoms with Crippen LogP contribution in [0.15, 0.2) is 29.6 Å². The quantitative estimate of drug-likeness (QED) is 0.785. The summed E-state index contributed by atoms with van der Waals surface area (Å²) in [5, 5.41) is 6.26. The maximum atomic E-state index is 5.78. The van der Waals surface area contributed by atoms with Crippen molar-refractivity contribution in [2.75, 3.05) is 5.73 Å². The molecule has 3 aromatic rings. The van der Waals surface area contributed by atoms with E-state index in [0.29, 0.717) is 5.82 Å². The first kappa shape index (κ1) is 11.2. The minimum atomic E-state index is 0.657. The number of aromatic nitrogens is 3. The SMILES string of the molecule is Cc1ccc(CCc2nc3scc(N)n3n2)cc1. The average molecular weight is 258 g/mol. The molecule has 0 unspecified atom stereocenters. The Hall–Kier alpha value is -1.88. The predicted octanol–water partition coefficient (Wildman–Crippen LogP) is 2.47. The van der Waals surface area contributed by atoms with Crippen LogP contribution in [0.3, 0.4) is 0 Å². The van der Waals surface area contributed by atoms with E-state index in [1.54, 1.807) is 4.52 Å². The summed E-state index contributed by atoms with van der Waals surface area (Å²) in [5.74, 6) is 1.51. The van der Waals surface area contributed by atoms with E-state index in [2.05, 4.69) is 41.3 Å². The minimum absolute atomic E-state index is 0.657. The van der Waals surface area contributed by atoms with Crippen molar-refractivity contribution in [2.45, 2.75) is 19.8 Å². The third-order valence-corrected chi connectivity index (χ3v) is 3.74. The molecule has 0 saturated carbocycles. The van der Waals surface area contributed by atoms with E-state index in [9.17, 15) is 0 Å². The number of fused-ring (bicyclic) bond motifs is 1. The van der Waals surface area contributed by atoms with Crippen LogP contribution in [0.2, 0.25) is 0 Å². The first-order valence-electron chi connectivity index (χ1n) is 5.86. The largest absolute Gasteiger partial charge is 0.383 e. The molecule has 0 atom stereocenters. The topological polar surface area (TPSA) is 56.2 Å². The highest BCUT2D eigenvalue weighted by Crippen LogP contribution is 2.16. The number of nitrogen functional groups attached to an aromatic ring is 1. The number of aryl methyl sites for hydroxylation is 3. The lowest BCUT2D eigenvalue weighted by atomic mass is 10.1. The fourth-order valence-corrected chi connectivity index (χ4v) is 2.59. The van der Waals surface area contributed by atoms with Crippen LogP contribution in [-0.2, 0) is 12.8 Å². The molecular weight excluding hydrogens is 244 g/mol. The molecule has 0 bridgehead atoms. The van der Waals surface area contributed by atoms with Gasteiger partial charge < -0.3 is 5.73 Å². The van der Waals surface area contributed by atoms with E-state index >= 15 is 0 Å². The van der Waals surface area contributed by atoms with Crippen molar-refractivity contribution in [3.05, 3.63) is 46.6 Å². The van der Waals surface area contributed by atoms with Gasteiger partial charge in [-0.3, -0.25) is 0 Å². The van der Waals surface area contributed by atoms with E-state index in [0.717, 1.165) is 23.6 Å². The monoisotopic (exact) mass is 258 g/mol. The zero-order chi connectivity index (χ0) is 12.5. The van der Waals surface area contributed by atoms with E-state index in [1.807, 2.05) is 5.38 Å². The Morgan fingerprint density at radius 2 is 2.00 bits per heavy atom. The van der Waals surface area contributed by atoms with Crippen LogP contribution in [0.4, 0.5) is 5.82 Å². The average Bonchev–Trinajstić information content (AvgIpc) is 2.91. The third kappa shape index (κ3) is 2.09. The molecule has 0 amide bonds. The van der Waals surface area contributed by atoms with E-state index in [1.165, 1.54) is 22.5 Å². The molecule has 3 rings (SSSR count). The van der Waals surface area contributed by atoms with Gasteiger partial charge in [-0.1, -0.05) is 29.8 Å². The van der Waals surface area contributed by atoms with Gasteiger partial charge in [0.2, 0.25) is 4.96 Å². The Labute approximate surface area is 109 Å². The Bertz CT molecular complexity index is 666. The van der Waals surface area contributed by atoms with Gasteiger partial charge in [-0.15, -0.1) is 16.4 Å². The van der Waals surface area contributed by atoms with Crippen molar-refractivity contribution in [1.82, 2.24) is 14.6 Å². The number of rotatable bonds is 3. The fourth-order valence-electron chi connectivity index (χ4n) is 1.86. The van der Waals surface area contributed by atoms with E-state index < -0.39 is 0 Å². The van der Waals surface area contributed by atoms with Gasteiger partial charge in [0.15, 0.2) is 5.82 Å². The Morgan fingerprint density at radius 3 is 2.72 bits per heavy atom. The highest BCUT2D eigenvalue weighted by atomic mass is 32.1. The van der Waals surface area contributed by atoms with Crippen molar-refractivity contribution in [3.63, 3.8) is 0 Å². The summed E-state index contributed by atoms with van der Waals surface area (Å²) in [4.78, 5) is 5.32. The molecule has 18 heavy (non-hydrogen) atoms. The lowest BCUT2D eigenvalue weighted by Gasteiger charge is -1.99. The van der Waals surface area contributed by atoms with Crippen molar-refractivity contribution in [3.8, 4) is 0 Å². The normalized spacial score (nSPS) is 11.2. The molecular formula is C13H14N4S. The van der Waals surface area contributed by atoms with Crippen LogP contribution in [0, 0.1) is 6.92 Å². The van der Waals surface area contributed by atoms with Crippen LogP contribution < -0.4 is 5.73 Å². The maximum Gasteiger partial charge on any atom is 0.214 e. The van der Waals surface area contributed by atoms with E-state index in [4.69, 9.17) is 5.73 Å². The smallest absolute Gasteiger partial charge is 0.214 e. The van der Waals surface area contributed by atoms with E-state index in [-0.39, 0.29) is 0 Å². The molecule has 0 aliphatic heterocycles. The third-order valence-electron chi connectivity index (χ3n) is 2.91. The van der Waals surface area contributed by atoms with Crippen molar-refractivity contribution < 1.29 is 0 Å². The van der Waals surface area contributed by atoms with Gasteiger partial charge in [0.05, 0.1) is 0 Å². The lowest BCUT2D eigenvalue weighted by molar-refractivity contribution is 0.841. The second kappa shape index (κ2) is 4.42. The first-order chi connectivity index (χ1) is 8.72. The molecule has 0 fully saturated rings. The number of anilines is 1. The summed E-state index contributed by atoms with van der Waals surface area (Å²) >= 11 is 1.52. The molecule has 2 N–H and O–H groups in total. The number of nitrogens with two attached hydrogens (primary N) is 1. The van der Waals surface area contributed by atoms with Gasteiger partial charge >= 0.3 is 0 Å². The molecule has 2 heterocycles. The van der Waals surface area contributed by atoms with Crippen molar-refractivity contribution in [2.24, 2.45) is 0 Å². The molecule has 0 spiro atoms. The molecule has 2 aromatic heterocycles. The molecule has 0 aliphatic carbocycles. The molecule has 4 nitrogen and oxygen atoms in total. The second-order valence-corrected chi connectivity index (χ2v) is 5.21. The highest BCUT2D eigenvalue weighted by molar-refractivity contribution is 7.15. The van der Waals surface area contributed by atoms with Crippen molar-refractivity contribution >= 4 is 22.1 Å². The molecule has 0 aliphatic rings. The standard InChI is InChI=1S/C13H14N4S/c1-9-2-4-10(5-3-9)6-7-12-15-13-17(16-12)11(14)8-18-13/h2-5,8H,6-7,14H2,1H3. The maximum absolute atomic E-state index is 5.78.